The highest BCUT2D eigenvalue weighted by Gasteiger charge is 2.53. The Hall–Kier alpha value is -3.90. The number of anilines is 1. The summed E-state index contributed by atoms with van der Waals surface area (Å²) in [5.41, 5.74) is 2.63. The van der Waals surface area contributed by atoms with Crippen LogP contribution in [0.5, 0.6) is 0 Å². The highest BCUT2D eigenvalue weighted by Crippen LogP contribution is 2.52. The number of likely N-dealkylation sites (tertiary alicyclic amines) is 1. The lowest BCUT2D eigenvalue weighted by Crippen LogP contribution is -2.60. The molecule has 45 heavy (non-hydrogen) atoms. The van der Waals surface area contributed by atoms with Gasteiger partial charge in [-0.2, -0.15) is 5.26 Å². The Labute approximate surface area is 266 Å². The minimum absolute atomic E-state index is 0.0556. The second-order valence-electron chi connectivity index (χ2n) is 13.8. The molecule has 1 aromatic heterocycles. The number of nitriles is 1. The minimum Gasteiger partial charge on any atom is -0.446 e. The molecular formula is C36H45FN6O2. The Morgan fingerprint density at radius 1 is 1.16 bits per heavy atom. The Balaban J connectivity index is 1.24. The van der Waals surface area contributed by atoms with Crippen molar-refractivity contribution in [3.8, 4) is 6.07 Å². The number of halogens is 1. The number of amides is 1. The Morgan fingerprint density at radius 2 is 1.91 bits per heavy atom. The van der Waals surface area contributed by atoms with Gasteiger partial charge in [0.05, 0.1) is 11.6 Å². The van der Waals surface area contributed by atoms with Gasteiger partial charge in [-0.05, 0) is 100.0 Å². The van der Waals surface area contributed by atoms with Gasteiger partial charge >= 0.3 is 6.09 Å². The van der Waals surface area contributed by atoms with Gasteiger partial charge in [0, 0.05) is 68.1 Å². The molecule has 2 aliphatic heterocycles. The molecule has 2 aromatic carbocycles. The molecule has 2 saturated heterocycles. The number of alkyl carbamates (subject to hydrolysis) is 1. The third-order valence-corrected chi connectivity index (χ3v) is 10.7. The SMILES string of the molecule is CNC(=O)O[C@@H]1CCC[C@H]1C(Cn1ccnc1C)(c1cccc(F)c1)C1CCN(CC2(C)CN(c3ccc(C#N)cc3)C2)CC1. The number of nitrogens with zero attached hydrogens (tertiary/aromatic N) is 5. The number of hydrogen-bond acceptors (Lipinski definition) is 6. The molecular weight excluding hydrogens is 567 g/mol. The van der Waals surface area contributed by atoms with Crippen molar-refractivity contribution < 1.29 is 13.9 Å². The summed E-state index contributed by atoms with van der Waals surface area (Å²) < 4.78 is 23.3. The molecule has 1 N–H and O–H groups in total. The molecule has 3 aromatic rings. The fourth-order valence-electron chi connectivity index (χ4n) is 8.62. The summed E-state index contributed by atoms with van der Waals surface area (Å²) in [5, 5.41) is 11.8. The molecule has 0 radical (unpaired) electrons. The van der Waals surface area contributed by atoms with Gasteiger partial charge in [0.1, 0.15) is 17.7 Å². The van der Waals surface area contributed by atoms with E-state index in [1.54, 1.807) is 13.1 Å². The van der Waals surface area contributed by atoms with Gasteiger partial charge in [-0.15, -0.1) is 0 Å². The van der Waals surface area contributed by atoms with E-state index in [1.807, 2.05) is 49.6 Å². The van der Waals surface area contributed by atoms with E-state index in [-0.39, 0.29) is 29.2 Å². The molecule has 9 heteroatoms. The standard InChI is InChI=1S/C36H45FN6O2/c1-26-40-16-19-42(26)25-36(29-6-4-7-30(37)20-29,32-8-5-9-33(32)45-34(44)39-3)28-14-17-41(18-15-28)22-35(2)23-43(24-35)31-12-10-27(21-38)11-13-31/h4,6-7,10-13,16,19-20,28,32-33H,5,8-9,14-15,17-18,22-25H2,1-3H3,(H,39,44)/t32-,33-,36?/m1/s1. The smallest absolute Gasteiger partial charge is 0.407 e. The monoisotopic (exact) mass is 612 g/mol. The number of ether oxygens (including phenoxy) is 1. The molecule has 1 unspecified atom stereocenters. The number of imidazole rings is 1. The first kappa shape index (κ1) is 31.1. The number of piperidine rings is 1. The number of nitrogens with one attached hydrogen (secondary N) is 1. The third kappa shape index (κ3) is 6.30. The Kier molecular flexibility index (Phi) is 8.87. The van der Waals surface area contributed by atoms with Gasteiger partial charge in [0.15, 0.2) is 0 Å². The number of aromatic nitrogens is 2. The van der Waals surface area contributed by atoms with E-state index in [0.717, 1.165) is 76.2 Å². The summed E-state index contributed by atoms with van der Waals surface area (Å²) in [6.07, 6.45) is 7.90. The van der Waals surface area contributed by atoms with Crippen LogP contribution in [-0.2, 0) is 16.7 Å². The first-order chi connectivity index (χ1) is 21.7. The van der Waals surface area contributed by atoms with E-state index in [4.69, 9.17) is 10.00 Å². The van der Waals surface area contributed by atoms with Crippen LogP contribution in [0.3, 0.4) is 0 Å². The number of benzene rings is 2. The van der Waals surface area contributed by atoms with E-state index in [2.05, 4.69) is 43.7 Å². The van der Waals surface area contributed by atoms with Gasteiger partial charge in [0.25, 0.3) is 0 Å². The maximum atomic E-state index is 15.0. The lowest BCUT2D eigenvalue weighted by atomic mass is 9.58. The van der Waals surface area contributed by atoms with E-state index in [1.165, 1.54) is 11.8 Å². The van der Waals surface area contributed by atoms with Crippen LogP contribution in [0.4, 0.5) is 14.9 Å². The lowest BCUT2D eigenvalue weighted by molar-refractivity contribution is -0.00177. The number of rotatable bonds is 9. The molecule has 1 saturated carbocycles. The molecule has 8 nitrogen and oxygen atoms in total. The molecule has 3 fully saturated rings. The second kappa shape index (κ2) is 12.8. The molecule has 3 aliphatic rings. The van der Waals surface area contributed by atoms with Crippen molar-refractivity contribution in [2.24, 2.45) is 17.3 Å². The van der Waals surface area contributed by atoms with Gasteiger partial charge < -0.3 is 24.4 Å². The van der Waals surface area contributed by atoms with E-state index >= 15 is 4.39 Å². The van der Waals surface area contributed by atoms with Crippen LogP contribution in [0.2, 0.25) is 0 Å². The van der Waals surface area contributed by atoms with Crippen LogP contribution in [-0.4, -0.2) is 66.4 Å². The second-order valence-corrected chi connectivity index (χ2v) is 13.8. The zero-order valence-electron chi connectivity index (χ0n) is 26.7. The quantitative estimate of drug-likeness (QED) is 0.324. The maximum Gasteiger partial charge on any atom is 0.407 e. The molecule has 6 rings (SSSR count). The van der Waals surface area contributed by atoms with Gasteiger partial charge in [-0.3, -0.25) is 0 Å². The van der Waals surface area contributed by atoms with Crippen molar-refractivity contribution in [2.45, 2.75) is 64.0 Å². The molecule has 238 valence electrons. The number of carbonyl (C=O) groups excluding carboxylic acids is 1. The number of carbonyl (C=O) groups is 1. The average Bonchev–Trinajstić information content (AvgIpc) is 3.67. The normalized spacial score (nSPS) is 23.1. The summed E-state index contributed by atoms with van der Waals surface area (Å²) in [6.45, 7) is 10.0. The summed E-state index contributed by atoms with van der Waals surface area (Å²) in [5.74, 6) is 1.03. The summed E-state index contributed by atoms with van der Waals surface area (Å²) >= 11 is 0. The number of hydrogen-bond donors (Lipinski definition) is 1. The number of aryl methyl sites for hydroxylation is 1. The maximum absolute atomic E-state index is 15.0. The average molecular weight is 613 g/mol. The van der Waals surface area contributed by atoms with Crippen molar-refractivity contribution in [1.82, 2.24) is 19.8 Å². The van der Waals surface area contributed by atoms with Gasteiger partial charge in [0.2, 0.25) is 0 Å². The van der Waals surface area contributed by atoms with Crippen molar-refractivity contribution in [3.05, 3.63) is 83.7 Å². The fraction of sp³-hybridized carbons (Fsp3) is 0.528. The Bertz CT molecular complexity index is 1520. The van der Waals surface area contributed by atoms with Crippen LogP contribution in [0, 0.1) is 41.3 Å². The molecule has 0 spiro atoms. The summed E-state index contributed by atoms with van der Waals surface area (Å²) in [4.78, 5) is 22.0. The topological polar surface area (TPSA) is 86.4 Å². The molecule has 3 heterocycles. The first-order valence-electron chi connectivity index (χ1n) is 16.3. The van der Waals surface area contributed by atoms with Crippen LogP contribution in [0.25, 0.3) is 0 Å². The van der Waals surface area contributed by atoms with E-state index < -0.39 is 11.5 Å². The van der Waals surface area contributed by atoms with Gasteiger partial charge in [-0.25, -0.2) is 14.2 Å². The van der Waals surface area contributed by atoms with Crippen LogP contribution in [0.15, 0.2) is 60.9 Å². The van der Waals surface area contributed by atoms with E-state index in [9.17, 15) is 4.79 Å². The zero-order chi connectivity index (χ0) is 31.6. The first-order valence-corrected chi connectivity index (χ1v) is 16.3. The molecule has 1 amide bonds. The van der Waals surface area contributed by atoms with Gasteiger partial charge in [-0.1, -0.05) is 19.1 Å². The van der Waals surface area contributed by atoms with Crippen LogP contribution in [0.1, 0.15) is 56.0 Å². The highest BCUT2D eigenvalue weighted by molar-refractivity contribution is 5.67. The van der Waals surface area contributed by atoms with E-state index in [0.29, 0.717) is 12.1 Å². The molecule has 1 aliphatic carbocycles. The fourth-order valence-corrected chi connectivity index (χ4v) is 8.62. The Morgan fingerprint density at radius 3 is 2.56 bits per heavy atom. The molecule has 3 atom stereocenters. The van der Waals surface area contributed by atoms with Crippen molar-refractivity contribution in [2.75, 3.05) is 44.7 Å². The lowest BCUT2D eigenvalue weighted by Gasteiger charge is -2.54. The highest BCUT2D eigenvalue weighted by atomic mass is 19.1. The van der Waals surface area contributed by atoms with Crippen LogP contribution < -0.4 is 10.2 Å². The summed E-state index contributed by atoms with van der Waals surface area (Å²) in [6, 6.07) is 17.2. The van der Waals surface area contributed by atoms with Crippen LogP contribution >= 0.6 is 0 Å². The largest absolute Gasteiger partial charge is 0.446 e. The predicted molar refractivity (Wildman–Crippen MR) is 172 cm³/mol. The minimum atomic E-state index is -0.429. The predicted octanol–water partition coefficient (Wildman–Crippen LogP) is 5.90. The van der Waals surface area contributed by atoms with Crippen molar-refractivity contribution in [3.63, 3.8) is 0 Å². The third-order valence-electron chi connectivity index (χ3n) is 10.7. The zero-order valence-corrected chi connectivity index (χ0v) is 26.7. The van der Waals surface area contributed by atoms with Crippen molar-refractivity contribution >= 4 is 11.8 Å². The summed E-state index contributed by atoms with van der Waals surface area (Å²) in [7, 11) is 1.60. The van der Waals surface area contributed by atoms with Crippen molar-refractivity contribution in [1.29, 1.82) is 5.26 Å². The molecule has 0 bridgehead atoms.